The zero-order chi connectivity index (χ0) is 19.9. The van der Waals surface area contributed by atoms with Crippen LogP contribution in [0.5, 0.6) is 0 Å². The van der Waals surface area contributed by atoms with Crippen molar-refractivity contribution in [3.05, 3.63) is 71.8 Å². The van der Waals surface area contributed by atoms with E-state index < -0.39 is 11.9 Å². The molecule has 0 spiro atoms. The van der Waals surface area contributed by atoms with Crippen molar-refractivity contribution in [3.8, 4) is 0 Å². The van der Waals surface area contributed by atoms with Gasteiger partial charge in [0.2, 0.25) is 0 Å². The fourth-order valence-electron chi connectivity index (χ4n) is 1.31. The second-order valence-electron chi connectivity index (χ2n) is 4.71. The average Bonchev–Trinajstić information content (AvgIpc) is 2.69. The van der Waals surface area contributed by atoms with Crippen molar-refractivity contribution in [1.82, 2.24) is 0 Å². The van der Waals surface area contributed by atoms with Gasteiger partial charge in [0.15, 0.2) is 0 Å². The molecule has 138 valence electrons. The van der Waals surface area contributed by atoms with Crippen LogP contribution in [0.1, 0.15) is 34.6 Å². The van der Waals surface area contributed by atoms with Gasteiger partial charge in [0.1, 0.15) is 11.4 Å². The first-order valence-corrected chi connectivity index (χ1v) is 7.27. The van der Waals surface area contributed by atoms with E-state index in [9.17, 15) is 9.59 Å². The maximum atomic E-state index is 10.2. The number of aromatic carboxylic acids is 2. The Labute approximate surface area is 150 Å². The maximum Gasteiger partial charge on any atom is 0.335 e. The Morgan fingerprint density at radius 1 is 0.654 bits per heavy atom. The molecule has 0 atom stereocenters. The molecule has 0 aromatic heterocycles. The Morgan fingerprint density at radius 3 is 1.08 bits per heavy atom. The van der Waals surface area contributed by atoms with Crippen molar-refractivity contribution in [1.29, 1.82) is 0 Å². The van der Waals surface area contributed by atoms with Crippen LogP contribution in [0, 0.1) is 0 Å². The zero-order valence-electron chi connectivity index (χ0n) is 14.3. The SMILES string of the molecule is CC(=N\O)/C(C)=N/O.O=C(O)c1ccccc1.O=C(O)c1ccccc1. The summed E-state index contributed by atoms with van der Waals surface area (Å²) < 4.78 is 0. The molecule has 2 aromatic rings. The van der Waals surface area contributed by atoms with Crippen molar-refractivity contribution in [2.75, 3.05) is 0 Å². The van der Waals surface area contributed by atoms with Crippen molar-refractivity contribution in [3.63, 3.8) is 0 Å². The molecule has 0 aliphatic heterocycles. The van der Waals surface area contributed by atoms with Crippen molar-refractivity contribution in [2.45, 2.75) is 13.8 Å². The van der Waals surface area contributed by atoms with Gasteiger partial charge < -0.3 is 20.6 Å². The molecular weight excluding hydrogens is 340 g/mol. The Morgan fingerprint density at radius 2 is 0.923 bits per heavy atom. The van der Waals surface area contributed by atoms with Crippen LogP contribution in [0.15, 0.2) is 71.0 Å². The Balaban J connectivity index is 0.000000362. The van der Waals surface area contributed by atoms with Gasteiger partial charge in [0, 0.05) is 0 Å². The smallest absolute Gasteiger partial charge is 0.335 e. The first-order valence-electron chi connectivity index (χ1n) is 7.27. The molecular formula is C18H20N2O6. The van der Waals surface area contributed by atoms with Crippen LogP contribution in [0.2, 0.25) is 0 Å². The molecule has 0 amide bonds. The van der Waals surface area contributed by atoms with Crippen LogP contribution in [-0.4, -0.2) is 44.0 Å². The minimum absolute atomic E-state index is 0.313. The lowest BCUT2D eigenvalue weighted by Crippen LogP contribution is -2.04. The van der Waals surface area contributed by atoms with Gasteiger partial charge in [-0.3, -0.25) is 0 Å². The summed E-state index contributed by atoms with van der Waals surface area (Å²) in [6.45, 7) is 3.07. The molecule has 0 aliphatic carbocycles. The predicted molar refractivity (Wildman–Crippen MR) is 96.6 cm³/mol. The highest BCUT2D eigenvalue weighted by Crippen LogP contribution is 1.96. The number of nitrogens with zero attached hydrogens (tertiary/aromatic N) is 2. The second-order valence-corrected chi connectivity index (χ2v) is 4.71. The van der Waals surface area contributed by atoms with E-state index in [1.165, 1.54) is 13.8 Å². The monoisotopic (exact) mass is 360 g/mol. The van der Waals surface area contributed by atoms with Crippen LogP contribution in [0.3, 0.4) is 0 Å². The van der Waals surface area contributed by atoms with Gasteiger partial charge in [-0.25, -0.2) is 9.59 Å². The molecule has 2 rings (SSSR count). The van der Waals surface area contributed by atoms with E-state index in [0.29, 0.717) is 22.6 Å². The lowest BCUT2D eigenvalue weighted by atomic mass is 10.2. The number of carboxylic acids is 2. The highest BCUT2D eigenvalue weighted by Gasteiger charge is 1.97. The lowest BCUT2D eigenvalue weighted by molar-refractivity contribution is 0.0686. The molecule has 8 heteroatoms. The Bertz CT molecular complexity index is 677. The van der Waals surface area contributed by atoms with Crippen LogP contribution < -0.4 is 0 Å². The molecule has 0 unspecified atom stereocenters. The second kappa shape index (κ2) is 12.7. The minimum atomic E-state index is -0.879. The molecule has 0 radical (unpaired) electrons. The van der Waals surface area contributed by atoms with Gasteiger partial charge in [0.05, 0.1) is 11.1 Å². The van der Waals surface area contributed by atoms with Crippen LogP contribution in [0.4, 0.5) is 0 Å². The van der Waals surface area contributed by atoms with Gasteiger partial charge in [-0.2, -0.15) is 0 Å². The third-order valence-corrected chi connectivity index (χ3v) is 2.87. The van der Waals surface area contributed by atoms with E-state index in [-0.39, 0.29) is 0 Å². The topological polar surface area (TPSA) is 140 Å². The minimum Gasteiger partial charge on any atom is -0.478 e. The molecule has 0 fully saturated rings. The molecule has 8 nitrogen and oxygen atoms in total. The highest BCUT2D eigenvalue weighted by atomic mass is 16.4. The van der Waals surface area contributed by atoms with Crippen molar-refractivity contribution in [2.24, 2.45) is 10.3 Å². The summed E-state index contributed by atoms with van der Waals surface area (Å²) in [5.41, 5.74) is 1.29. The van der Waals surface area contributed by atoms with E-state index in [1.54, 1.807) is 60.7 Å². The van der Waals surface area contributed by atoms with E-state index in [4.69, 9.17) is 20.6 Å². The molecule has 0 saturated heterocycles. The standard InChI is InChI=1S/2C7H6O2.C4H8N2O2/c2*8-7(9)6-4-2-1-3-5-6;1-3(5-7)4(2)6-8/h2*1-5H,(H,8,9);7-8H,1-2H3/b;;5-3+,6-4+. The summed E-state index contributed by atoms with van der Waals surface area (Å²) in [6.07, 6.45) is 0. The Kier molecular flexibility index (Phi) is 10.9. The van der Waals surface area contributed by atoms with E-state index in [1.807, 2.05) is 0 Å². The van der Waals surface area contributed by atoms with Gasteiger partial charge in [-0.15, -0.1) is 0 Å². The molecule has 0 heterocycles. The largest absolute Gasteiger partial charge is 0.478 e. The number of benzene rings is 2. The van der Waals surface area contributed by atoms with E-state index >= 15 is 0 Å². The summed E-state index contributed by atoms with van der Waals surface area (Å²) >= 11 is 0. The fraction of sp³-hybridized carbons (Fsp3) is 0.111. The summed E-state index contributed by atoms with van der Waals surface area (Å²) in [4.78, 5) is 20.4. The average molecular weight is 360 g/mol. The van der Waals surface area contributed by atoms with Crippen molar-refractivity contribution < 1.29 is 30.2 Å². The molecule has 4 N–H and O–H groups in total. The number of carbonyl (C=O) groups is 2. The lowest BCUT2D eigenvalue weighted by Gasteiger charge is -1.88. The number of oxime groups is 2. The number of hydrogen-bond acceptors (Lipinski definition) is 6. The molecule has 0 aliphatic rings. The Hall–Kier alpha value is -3.68. The zero-order valence-corrected chi connectivity index (χ0v) is 14.3. The number of hydrogen-bond donors (Lipinski definition) is 4. The van der Waals surface area contributed by atoms with E-state index in [0.717, 1.165) is 0 Å². The van der Waals surface area contributed by atoms with Gasteiger partial charge in [-0.05, 0) is 38.1 Å². The number of rotatable bonds is 3. The summed E-state index contributed by atoms with van der Waals surface area (Å²) in [6, 6.07) is 16.6. The van der Waals surface area contributed by atoms with Gasteiger partial charge in [0.25, 0.3) is 0 Å². The van der Waals surface area contributed by atoms with Crippen LogP contribution in [-0.2, 0) is 0 Å². The normalized spacial score (nSPS) is 10.5. The molecule has 26 heavy (non-hydrogen) atoms. The summed E-state index contributed by atoms with van der Waals surface area (Å²) in [7, 11) is 0. The van der Waals surface area contributed by atoms with Crippen LogP contribution >= 0.6 is 0 Å². The summed E-state index contributed by atoms with van der Waals surface area (Å²) in [5.74, 6) is -1.76. The van der Waals surface area contributed by atoms with E-state index in [2.05, 4.69) is 10.3 Å². The predicted octanol–water partition coefficient (Wildman–Crippen LogP) is 3.46. The fourth-order valence-corrected chi connectivity index (χ4v) is 1.31. The molecule has 2 aromatic carbocycles. The third kappa shape index (κ3) is 9.46. The van der Waals surface area contributed by atoms with Crippen LogP contribution in [0.25, 0.3) is 0 Å². The highest BCUT2D eigenvalue weighted by molar-refractivity contribution is 6.40. The summed E-state index contributed by atoms with van der Waals surface area (Å²) in [5, 5.41) is 38.4. The molecule has 0 saturated carbocycles. The quantitative estimate of drug-likeness (QED) is 0.375. The van der Waals surface area contributed by atoms with Gasteiger partial charge >= 0.3 is 11.9 Å². The molecule has 0 bridgehead atoms. The third-order valence-electron chi connectivity index (χ3n) is 2.87. The maximum absolute atomic E-state index is 10.2. The first kappa shape index (κ1) is 22.3. The number of carboxylic acid groups (broad SMARTS) is 2. The van der Waals surface area contributed by atoms with Gasteiger partial charge in [-0.1, -0.05) is 46.7 Å². The first-order chi connectivity index (χ1) is 12.3. The van der Waals surface area contributed by atoms with Crippen molar-refractivity contribution >= 4 is 23.4 Å².